The third-order valence-corrected chi connectivity index (χ3v) is 30.6. The minimum absolute atomic E-state index is 0.0424. The zero-order chi connectivity index (χ0) is 68.8. The Balaban J connectivity index is 0.794. The minimum atomic E-state index is -1.83. The molecule has 0 aromatic rings. The molecular formula is C72H112O22. The van der Waals surface area contributed by atoms with Crippen LogP contribution < -0.4 is 0 Å². The van der Waals surface area contributed by atoms with E-state index in [-0.39, 0.29) is 49.0 Å². The first-order chi connectivity index (χ1) is 43.6. The van der Waals surface area contributed by atoms with Crippen molar-refractivity contribution in [3.05, 3.63) is 23.3 Å². The van der Waals surface area contributed by atoms with Crippen molar-refractivity contribution in [3.63, 3.8) is 0 Å². The van der Waals surface area contributed by atoms with Crippen LogP contribution in [0.3, 0.4) is 0 Å². The lowest BCUT2D eigenvalue weighted by Gasteiger charge is -2.72. The van der Waals surface area contributed by atoms with Crippen LogP contribution in [0.4, 0.5) is 0 Å². The first-order valence-corrected chi connectivity index (χ1v) is 35.3. The normalized spacial score (nSPS) is 54.4. The molecule has 0 spiro atoms. The van der Waals surface area contributed by atoms with E-state index < -0.39 is 201 Å². The maximum Gasteiger partial charge on any atom is 0.315 e. The summed E-state index contributed by atoms with van der Waals surface area (Å²) in [5.41, 5.74) is -6.85. The molecule has 0 amide bonds. The third-order valence-electron chi connectivity index (χ3n) is 30.6. The van der Waals surface area contributed by atoms with E-state index in [2.05, 4.69) is 60.6 Å². The molecule has 12 aliphatic rings. The molecule has 3 aliphatic heterocycles. The summed E-state index contributed by atoms with van der Waals surface area (Å²) < 4.78 is 37.8. The van der Waals surface area contributed by atoms with Crippen molar-refractivity contribution in [2.75, 3.05) is 19.8 Å². The lowest BCUT2D eigenvalue weighted by molar-refractivity contribution is -0.356. The molecule has 13 N–H and O–H groups in total. The van der Waals surface area contributed by atoms with Gasteiger partial charge in [0, 0.05) is 16.7 Å². The van der Waals surface area contributed by atoms with Crippen LogP contribution in [0.5, 0.6) is 0 Å². The molecule has 0 unspecified atom stereocenters. The van der Waals surface area contributed by atoms with Gasteiger partial charge in [-0.3, -0.25) is 14.4 Å². The zero-order valence-electron chi connectivity index (χ0n) is 57.4. The molecule has 3 saturated heterocycles. The molecular weight excluding hydrogens is 1220 g/mol. The fourth-order valence-electron chi connectivity index (χ4n) is 24.1. The van der Waals surface area contributed by atoms with Crippen molar-refractivity contribution in [1.82, 2.24) is 0 Å². The second-order valence-electron chi connectivity index (χ2n) is 35.7. The van der Waals surface area contributed by atoms with Gasteiger partial charge < -0.3 is 94.8 Å². The van der Waals surface area contributed by atoms with Gasteiger partial charge in [0.05, 0.1) is 66.6 Å². The highest BCUT2D eigenvalue weighted by atomic mass is 16.7. The molecule has 94 heavy (non-hydrogen) atoms. The van der Waals surface area contributed by atoms with Crippen molar-refractivity contribution in [3.8, 4) is 0 Å². The van der Waals surface area contributed by atoms with Gasteiger partial charge in [-0.1, -0.05) is 99.5 Å². The van der Waals surface area contributed by atoms with Crippen LogP contribution in [0.1, 0.15) is 192 Å². The molecule has 10 fully saturated rings. The van der Waals surface area contributed by atoms with E-state index >= 15 is 4.79 Å². The van der Waals surface area contributed by atoms with Gasteiger partial charge in [-0.15, -0.1) is 0 Å². The molecule has 3 heterocycles. The number of carboxylic acid groups (broad SMARTS) is 1. The molecule has 532 valence electrons. The van der Waals surface area contributed by atoms with Gasteiger partial charge >= 0.3 is 17.9 Å². The summed E-state index contributed by atoms with van der Waals surface area (Å²) in [6, 6.07) is 0. The van der Waals surface area contributed by atoms with Crippen molar-refractivity contribution < 1.29 is 109 Å². The predicted molar refractivity (Wildman–Crippen MR) is 335 cm³/mol. The van der Waals surface area contributed by atoms with Crippen LogP contribution in [-0.4, -0.2) is 202 Å². The number of carbonyl (C=O) groups excluding carboxylic acids is 2. The van der Waals surface area contributed by atoms with E-state index in [1.165, 1.54) is 0 Å². The fraction of sp³-hybridized carbons (Fsp3) is 0.903. The highest BCUT2D eigenvalue weighted by Crippen LogP contribution is 2.78. The summed E-state index contributed by atoms with van der Waals surface area (Å²) >= 11 is 0. The summed E-state index contributed by atoms with van der Waals surface area (Å²) in [6.07, 6.45) is -9.71. The topological polar surface area (TPSA) is 370 Å². The molecule has 0 aromatic carbocycles. The number of aliphatic carboxylic acids is 1. The molecule has 22 nitrogen and oxygen atoms in total. The molecule has 9 aliphatic carbocycles. The van der Waals surface area contributed by atoms with Gasteiger partial charge in [-0.25, -0.2) is 0 Å². The molecule has 22 heteroatoms. The Bertz CT molecular complexity index is 3000. The van der Waals surface area contributed by atoms with Gasteiger partial charge in [-0.05, 0) is 178 Å². The van der Waals surface area contributed by atoms with Gasteiger partial charge in [0.25, 0.3) is 0 Å². The van der Waals surface area contributed by atoms with E-state index in [0.717, 1.165) is 24.0 Å². The first kappa shape index (κ1) is 71.1. The van der Waals surface area contributed by atoms with Crippen LogP contribution in [0.15, 0.2) is 23.3 Å². The number of aliphatic hydroxyl groups excluding tert-OH is 12. The number of fused-ring (bicyclic) bond motifs is 14. The predicted octanol–water partition coefficient (Wildman–Crippen LogP) is 4.71. The average Bonchev–Trinajstić information content (AvgIpc) is 0.680. The smallest absolute Gasteiger partial charge is 0.315 e. The van der Waals surface area contributed by atoms with Gasteiger partial charge in [-0.2, -0.15) is 0 Å². The second-order valence-corrected chi connectivity index (χ2v) is 35.7. The Hall–Kier alpha value is -2.75. The van der Waals surface area contributed by atoms with Crippen LogP contribution in [0.25, 0.3) is 0 Å². The summed E-state index contributed by atoms with van der Waals surface area (Å²) in [5.74, 6) is -3.53. The Morgan fingerprint density at radius 2 is 1.09 bits per heavy atom. The Morgan fingerprint density at radius 1 is 0.564 bits per heavy atom. The van der Waals surface area contributed by atoms with Crippen LogP contribution in [0, 0.1) is 94.6 Å². The number of hydrogen-bond donors (Lipinski definition) is 13. The van der Waals surface area contributed by atoms with E-state index in [1.807, 2.05) is 27.7 Å². The molecule has 7 saturated carbocycles. The number of ether oxygens (including phenoxy) is 6. The van der Waals surface area contributed by atoms with Crippen molar-refractivity contribution in [2.45, 2.75) is 290 Å². The van der Waals surface area contributed by atoms with Crippen LogP contribution in [0.2, 0.25) is 0 Å². The van der Waals surface area contributed by atoms with Gasteiger partial charge in [0.15, 0.2) is 6.29 Å². The summed E-state index contributed by atoms with van der Waals surface area (Å²) in [4.78, 5) is 43.4. The number of carboxylic acids is 1. The SMILES string of the molecule is CC(C)(CC[C@]1(C(=O)O[C@@H]2O[C@H](CO)[C@@H](O)[C@H](O)[C@H]2O)CC[C@]2(C)C(=CC[C@@H]3[C@@]4(C)C[C@@H](O)[C@H](O)[C@](C)(C(=O)O)[C@@H]4CC[C@]32C)C1)[C@H]1OC[C@]2(C)[C@@H]3CC[C@]4(C)[C@H](CC=C5[C@@H]6[C@H](O)C(C)(C)CC[C@]6(C(=O)O[C@@H]6O[C@H](CO)[C@@H](O)[C@H](O)[C@H]6O)CC[C@]54C)[C@@]3(C)C[C@@H](O)[C@@H]2O1. The number of allylic oxidation sites excluding steroid dienone is 3. The number of carbonyl (C=O) groups is 3. The van der Waals surface area contributed by atoms with Gasteiger partial charge in [0.2, 0.25) is 12.6 Å². The maximum absolute atomic E-state index is 15.4. The van der Waals surface area contributed by atoms with E-state index in [9.17, 15) is 76.0 Å². The number of rotatable bonds is 11. The van der Waals surface area contributed by atoms with Crippen molar-refractivity contribution in [2.24, 2.45) is 94.6 Å². The van der Waals surface area contributed by atoms with Crippen LogP contribution >= 0.6 is 0 Å². The molecule has 0 radical (unpaired) electrons. The maximum atomic E-state index is 15.4. The largest absolute Gasteiger partial charge is 0.481 e. The average molecular weight is 1330 g/mol. The van der Waals surface area contributed by atoms with E-state index in [0.29, 0.717) is 77.0 Å². The number of esters is 2. The summed E-state index contributed by atoms with van der Waals surface area (Å²) in [7, 11) is 0. The highest BCUT2D eigenvalue weighted by Gasteiger charge is 2.75. The molecule has 0 bridgehead atoms. The molecule has 12 rings (SSSR count). The Kier molecular flexibility index (Phi) is 17.7. The van der Waals surface area contributed by atoms with Crippen molar-refractivity contribution in [1.29, 1.82) is 0 Å². The minimum Gasteiger partial charge on any atom is -0.481 e. The van der Waals surface area contributed by atoms with Gasteiger partial charge in [0.1, 0.15) is 48.8 Å². The third kappa shape index (κ3) is 9.81. The number of hydrogen-bond acceptors (Lipinski definition) is 21. The first-order valence-electron chi connectivity index (χ1n) is 35.3. The Morgan fingerprint density at radius 3 is 1.67 bits per heavy atom. The highest BCUT2D eigenvalue weighted by molar-refractivity contribution is 5.80. The second kappa shape index (κ2) is 23.4. The lowest BCUT2D eigenvalue weighted by Crippen LogP contribution is -2.71. The quantitative estimate of drug-likeness (QED) is 0.0984. The monoisotopic (exact) mass is 1330 g/mol. The molecule has 0 aromatic heterocycles. The molecule has 31 atom stereocenters. The zero-order valence-corrected chi connectivity index (χ0v) is 57.4. The van der Waals surface area contributed by atoms with Crippen molar-refractivity contribution >= 4 is 17.9 Å². The Labute approximate surface area is 553 Å². The fourth-order valence-corrected chi connectivity index (χ4v) is 24.1. The summed E-state index contributed by atoms with van der Waals surface area (Å²) in [5, 5.41) is 144. The lowest BCUT2D eigenvalue weighted by atomic mass is 9.33. The van der Waals surface area contributed by atoms with Crippen LogP contribution in [-0.2, 0) is 42.8 Å². The standard InChI is InChI=1S/C72H112O22/c1-61(2)22-27-72(59(88)94-56-51(82)49(80)47(78)40(33-74)91-56)28-24-67(9)36(45(72)53(61)84)14-16-43-63(5)31-38(76)54-65(7,41(63)17-19-69(43,67)11)34-89-60(92-54)62(3,4)21-25-71(58(87)93-55-50(81)48(79)46(77)39(32-73)90-55)26-23-66(8)35(29-71)13-15-42-64(6)30-37(75)52(83)70(12,57(85)86)44(64)18-20-68(42,66)10/h13-14,37-56,60,73-84H,15-34H2,1-12H3,(H,85,86)/t37-,38-,39-,40-,41-,42-,43-,44-,45-,46-,47-,48+,49+,50-,51-,52+,53+,54+,55+,56+,60+,63+,64-,65-,66-,67-,68-,69-,70-,71+,72+/m1/s1. The number of aliphatic hydroxyl groups is 12. The van der Waals surface area contributed by atoms with E-state index in [1.54, 1.807) is 6.92 Å². The summed E-state index contributed by atoms with van der Waals surface area (Å²) in [6.45, 7) is 24.3. The van der Waals surface area contributed by atoms with E-state index in [4.69, 9.17) is 28.4 Å².